The molecule has 4 aliphatic rings. The van der Waals surface area contributed by atoms with E-state index >= 15 is 4.39 Å². The summed E-state index contributed by atoms with van der Waals surface area (Å²) in [5.41, 5.74) is 0.273. The van der Waals surface area contributed by atoms with E-state index in [1.807, 2.05) is 12.2 Å². The third kappa shape index (κ3) is 3.24. The maximum atomic E-state index is 15.1. The molecule has 2 aromatic heterocycles. The lowest BCUT2D eigenvalue weighted by Gasteiger charge is -2.31. The number of halogens is 3. The number of alkyl halides is 1. The van der Waals surface area contributed by atoms with Crippen molar-refractivity contribution in [3.05, 3.63) is 22.7 Å². The van der Waals surface area contributed by atoms with Crippen molar-refractivity contribution in [1.82, 2.24) is 19.9 Å². The summed E-state index contributed by atoms with van der Waals surface area (Å²) >= 11 is 6.09. The molecule has 0 spiro atoms. The minimum absolute atomic E-state index is 0.0643. The number of hydrogen-bond acceptors (Lipinski definition) is 7. The lowest BCUT2D eigenvalue weighted by molar-refractivity contribution is 0.107. The van der Waals surface area contributed by atoms with E-state index in [4.69, 9.17) is 26.1 Å². The summed E-state index contributed by atoms with van der Waals surface area (Å²) in [5.74, 6) is -0.124. The van der Waals surface area contributed by atoms with Crippen LogP contribution in [-0.4, -0.2) is 77.1 Å². The van der Waals surface area contributed by atoms with E-state index in [0.717, 1.165) is 25.8 Å². The Morgan fingerprint density at radius 2 is 2.16 bits per heavy atom. The van der Waals surface area contributed by atoms with Crippen molar-refractivity contribution in [2.45, 2.75) is 43.4 Å². The second-order valence-corrected chi connectivity index (χ2v) is 9.43. The first-order valence-corrected chi connectivity index (χ1v) is 11.5. The summed E-state index contributed by atoms with van der Waals surface area (Å²) < 4.78 is 41.0. The zero-order valence-corrected chi connectivity index (χ0v) is 18.3. The highest BCUT2D eigenvalue weighted by atomic mass is 35.5. The monoisotopic (exact) mass is 463 g/mol. The van der Waals surface area contributed by atoms with E-state index in [2.05, 4.69) is 19.8 Å². The predicted octanol–water partition coefficient (Wildman–Crippen LogP) is 3.39. The van der Waals surface area contributed by atoms with Gasteiger partial charge in [0.15, 0.2) is 11.0 Å². The molecular formula is C22H24ClF2N5O2. The Labute approximate surface area is 189 Å². The van der Waals surface area contributed by atoms with Crippen molar-refractivity contribution in [3.8, 4) is 6.01 Å². The van der Waals surface area contributed by atoms with Gasteiger partial charge in [-0.25, -0.2) is 13.8 Å². The fourth-order valence-corrected chi connectivity index (χ4v) is 5.77. The van der Waals surface area contributed by atoms with Crippen molar-refractivity contribution in [1.29, 1.82) is 0 Å². The fraction of sp³-hybridized carbons (Fsp3) is 0.591. The van der Waals surface area contributed by atoms with Crippen LogP contribution in [-0.2, 0) is 4.74 Å². The van der Waals surface area contributed by atoms with Gasteiger partial charge in [-0.05, 0) is 31.9 Å². The third-order valence-corrected chi connectivity index (χ3v) is 7.34. The summed E-state index contributed by atoms with van der Waals surface area (Å²) in [6.07, 6.45) is 6.11. The molecule has 3 saturated heterocycles. The summed E-state index contributed by atoms with van der Waals surface area (Å²) in [5, 5.41) is 0.281. The summed E-state index contributed by atoms with van der Waals surface area (Å²) in [7, 11) is 0. The van der Waals surface area contributed by atoms with E-state index in [1.54, 1.807) is 0 Å². The van der Waals surface area contributed by atoms with Gasteiger partial charge in [-0.2, -0.15) is 9.97 Å². The Morgan fingerprint density at radius 3 is 3.06 bits per heavy atom. The van der Waals surface area contributed by atoms with Gasteiger partial charge in [0.2, 0.25) is 0 Å². The molecule has 3 fully saturated rings. The molecule has 0 radical (unpaired) electrons. The van der Waals surface area contributed by atoms with Crippen molar-refractivity contribution in [3.63, 3.8) is 0 Å². The zero-order chi connectivity index (χ0) is 21.9. The largest absolute Gasteiger partial charge is 0.461 e. The van der Waals surface area contributed by atoms with Crippen LogP contribution in [0.15, 0.2) is 6.08 Å². The molecule has 0 bridgehead atoms. The minimum Gasteiger partial charge on any atom is -0.461 e. The minimum atomic E-state index is -0.852. The molecular weight excluding hydrogens is 440 g/mol. The average molecular weight is 464 g/mol. The standard InChI is InChI=1S/C22H24ClF2N5O2/c23-19-17(25)18-16-15(26-19)4-3-14-11-31-8-2-7-30(14)20(16)28-21(27-18)32-12-22-5-1-6-29(22)10-13(24)9-22/h3-4,13-14H,1-2,5-12H2/t13-,14+,22+/m1/s1. The van der Waals surface area contributed by atoms with Gasteiger partial charge >= 0.3 is 6.01 Å². The predicted molar refractivity (Wildman–Crippen MR) is 116 cm³/mol. The van der Waals surface area contributed by atoms with Gasteiger partial charge in [0, 0.05) is 26.1 Å². The molecule has 32 heavy (non-hydrogen) atoms. The first-order chi connectivity index (χ1) is 15.5. The average Bonchev–Trinajstić information content (AvgIpc) is 3.12. The molecule has 4 aliphatic heterocycles. The Balaban J connectivity index is 1.43. The van der Waals surface area contributed by atoms with E-state index < -0.39 is 12.0 Å². The lowest BCUT2D eigenvalue weighted by atomic mass is 9.95. The van der Waals surface area contributed by atoms with E-state index in [-0.39, 0.29) is 34.9 Å². The van der Waals surface area contributed by atoms with Crippen LogP contribution >= 0.6 is 11.6 Å². The SMILES string of the molecule is Fc1c(Cl)nc2c3c(nc(OC[C@@]45CCCN4C[C@H](F)C5)nc13)N1CCCOC[C@@H]1C=C2. The normalized spacial score (nSPS) is 29.7. The summed E-state index contributed by atoms with van der Waals surface area (Å²) in [4.78, 5) is 17.6. The molecule has 170 valence electrons. The van der Waals surface area contributed by atoms with Crippen LogP contribution in [0.4, 0.5) is 14.6 Å². The molecule has 6 heterocycles. The van der Waals surface area contributed by atoms with Gasteiger partial charge in [-0.1, -0.05) is 17.7 Å². The highest BCUT2D eigenvalue weighted by Crippen LogP contribution is 2.41. The molecule has 0 saturated carbocycles. The van der Waals surface area contributed by atoms with Crippen LogP contribution in [0.5, 0.6) is 6.01 Å². The summed E-state index contributed by atoms with van der Waals surface area (Å²) in [6.45, 7) is 3.43. The van der Waals surface area contributed by atoms with Crippen LogP contribution in [0.2, 0.25) is 5.15 Å². The van der Waals surface area contributed by atoms with Crippen molar-refractivity contribution in [2.75, 3.05) is 44.4 Å². The number of fused-ring (bicyclic) bond motifs is 3. The van der Waals surface area contributed by atoms with Crippen molar-refractivity contribution in [2.24, 2.45) is 0 Å². The van der Waals surface area contributed by atoms with Crippen LogP contribution in [0.1, 0.15) is 31.4 Å². The van der Waals surface area contributed by atoms with Crippen LogP contribution in [0, 0.1) is 5.82 Å². The van der Waals surface area contributed by atoms with Crippen molar-refractivity contribution >= 4 is 34.4 Å². The maximum absolute atomic E-state index is 15.1. The number of anilines is 1. The third-order valence-electron chi connectivity index (χ3n) is 7.09. The molecule has 7 nitrogen and oxygen atoms in total. The number of aromatic nitrogens is 3. The van der Waals surface area contributed by atoms with Crippen molar-refractivity contribution < 1.29 is 18.3 Å². The molecule has 0 N–H and O–H groups in total. The zero-order valence-electron chi connectivity index (χ0n) is 17.6. The summed E-state index contributed by atoms with van der Waals surface area (Å²) in [6, 6.07) is 0.0134. The molecule has 0 unspecified atom stereocenters. The number of rotatable bonds is 3. The van der Waals surface area contributed by atoms with Gasteiger partial charge in [0.1, 0.15) is 24.1 Å². The van der Waals surface area contributed by atoms with Crippen LogP contribution < -0.4 is 9.64 Å². The number of pyridine rings is 1. The molecule has 3 atom stereocenters. The topological polar surface area (TPSA) is 63.6 Å². The molecule has 0 amide bonds. The number of nitrogens with zero attached hydrogens (tertiary/aromatic N) is 5. The Bertz CT molecular complexity index is 1100. The number of hydrogen-bond donors (Lipinski definition) is 0. The lowest BCUT2D eigenvalue weighted by Crippen LogP contribution is -2.43. The molecule has 0 aromatic carbocycles. The Kier molecular flexibility index (Phi) is 4.96. The van der Waals surface area contributed by atoms with E-state index in [0.29, 0.717) is 49.6 Å². The second kappa shape index (κ2) is 7.74. The molecule has 6 rings (SSSR count). The molecule has 0 aliphatic carbocycles. The smallest absolute Gasteiger partial charge is 0.319 e. The van der Waals surface area contributed by atoms with Gasteiger partial charge in [-0.3, -0.25) is 4.90 Å². The highest BCUT2D eigenvalue weighted by molar-refractivity contribution is 6.30. The molecule has 2 aromatic rings. The number of ether oxygens (including phenoxy) is 2. The van der Waals surface area contributed by atoms with E-state index in [1.165, 1.54) is 0 Å². The van der Waals surface area contributed by atoms with Crippen LogP contribution in [0.3, 0.4) is 0 Å². The highest BCUT2D eigenvalue weighted by Gasteiger charge is 2.49. The van der Waals surface area contributed by atoms with Crippen LogP contribution in [0.25, 0.3) is 17.0 Å². The van der Waals surface area contributed by atoms with E-state index in [9.17, 15) is 4.39 Å². The van der Waals surface area contributed by atoms with Gasteiger partial charge in [0.05, 0.1) is 29.3 Å². The first-order valence-electron chi connectivity index (χ1n) is 11.2. The fourth-order valence-electron chi connectivity index (χ4n) is 5.59. The van der Waals surface area contributed by atoms with Gasteiger partial charge < -0.3 is 14.4 Å². The quantitative estimate of drug-likeness (QED) is 0.646. The first kappa shape index (κ1) is 20.5. The maximum Gasteiger partial charge on any atom is 0.319 e. The van der Waals surface area contributed by atoms with Gasteiger partial charge in [-0.15, -0.1) is 0 Å². The Hall–Kier alpha value is -2.10. The van der Waals surface area contributed by atoms with Gasteiger partial charge in [0.25, 0.3) is 0 Å². The molecule has 10 heteroatoms. The second-order valence-electron chi connectivity index (χ2n) is 9.07. The Morgan fingerprint density at radius 1 is 1.25 bits per heavy atom.